The first-order chi connectivity index (χ1) is 8.40. The minimum atomic E-state index is 0.261. The molecule has 0 bridgehead atoms. The molecule has 1 fully saturated rings. The molecule has 1 saturated carbocycles. The second-order valence-corrected chi connectivity index (χ2v) is 4.89. The average Bonchev–Trinajstić information content (AvgIpc) is 2.77. The van der Waals surface area contributed by atoms with Gasteiger partial charge in [0.25, 0.3) is 0 Å². The molecule has 0 saturated heterocycles. The fourth-order valence-corrected chi connectivity index (χ4v) is 3.44. The van der Waals surface area contributed by atoms with Crippen LogP contribution in [0.5, 0.6) is 0 Å². The molecule has 0 amide bonds. The number of benzene rings is 1. The first-order valence-electron chi connectivity index (χ1n) is 5.93. The maximum atomic E-state index is 9.23. The quantitative estimate of drug-likeness (QED) is 0.675. The van der Waals surface area contributed by atoms with Crippen molar-refractivity contribution >= 4 is 5.57 Å². The zero-order valence-corrected chi connectivity index (χ0v) is 9.21. The molecule has 0 unspecified atom stereocenters. The molecular weight excluding hydrogens is 210 g/mol. The molecule has 3 aliphatic rings. The lowest BCUT2D eigenvalue weighted by Gasteiger charge is -2.48. The largest absolute Gasteiger partial charge is 0.497 e. The fraction of sp³-hybridized carbons (Fsp3) is 0.267. The second kappa shape index (κ2) is 3.01. The van der Waals surface area contributed by atoms with Crippen molar-refractivity contribution in [1.82, 2.24) is 0 Å². The summed E-state index contributed by atoms with van der Waals surface area (Å²) in [5, 5.41) is 9.23. The summed E-state index contributed by atoms with van der Waals surface area (Å²) in [5.41, 5.74) is 3.22. The number of allylic oxidation sites excluding steroid dienone is 1. The van der Waals surface area contributed by atoms with Gasteiger partial charge in [0.15, 0.2) is 0 Å². The van der Waals surface area contributed by atoms with Crippen LogP contribution in [0.2, 0.25) is 0 Å². The number of nitriles is 1. The Labute approximate surface area is 99.8 Å². The number of rotatable bonds is 0. The van der Waals surface area contributed by atoms with Crippen molar-refractivity contribution in [1.29, 1.82) is 5.26 Å². The van der Waals surface area contributed by atoms with Crippen molar-refractivity contribution in [3.05, 3.63) is 53.8 Å². The van der Waals surface area contributed by atoms with Crippen LogP contribution in [0.25, 0.3) is 5.57 Å². The second-order valence-electron chi connectivity index (χ2n) is 4.89. The molecule has 0 spiro atoms. The minimum absolute atomic E-state index is 0.261. The summed E-state index contributed by atoms with van der Waals surface area (Å²) < 4.78 is 5.59. The summed E-state index contributed by atoms with van der Waals surface area (Å²) >= 11 is 0. The van der Waals surface area contributed by atoms with Gasteiger partial charge in [-0.25, -0.2) is 0 Å². The highest BCUT2D eigenvalue weighted by molar-refractivity contribution is 5.81. The van der Waals surface area contributed by atoms with Crippen LogP contribution in [0.3, 0.4) is 0 Å². The van der Waals surface area contributed by atoms with Crippen LogP contribution in [-0.4, -0.2) is 6.10 Å². The molecule has 1 aliphatic heterocycles. The Morgan fingerprint density at radius 3 is 2.94 bits per heavy atom. The Bertz CT molecular complexity index is 593. The van der Waals surface area contributed by atoms with Gasteiger partial charge in [-0.2, -0.15) is 5.26 Å². The monoisotopic (exact) mass is 221 g/mol. The maximum absolute atomic E-state index is 9.23. The fourth-order valence-electron chi connectivity index (χ4n) is 3.44. The van der Waals surface area contributed by atoms with Crippen LogP contribution in [0.4, 0.5) is 0 Å². The van der Waals surface area contributed by atoms with E-state index < -0.39 is 0 Å². The average molecular weight is 221 g/mol. The summed E-state index contributed by atoms with van der Waals surface area (Å²) in [7, 11) is 0. The molecule has 17 heavy (non-hydrogen) atoms. The minimum Gasteiger partial charge on any atom is -0.497 e. The zero-order valence-electron chi connectivity index (χ0n) is 9.21. The zero-order chi connectivity index (χ0) is 11.4. The molecule has 2 nitrogen and oxygen atoms in total. The van der Waals surface area contributed by atoms with Crippen molar-refractivity contribution in [2.24, 2.45) is 11.8 Å². The topological polar surface area (TPSA) is 33.0 Å². The van der Waals surface area contributed by atoms with Gasteiger partial charge in [0, 0.05) is 17.8 Å². The predicted octanol–water partition coefficient (Wildman–Crippen LogP) is 2.85. The molecule has 0 aromatic heterocycles. The van der Waals surface area contributed by atoms with Gasteiger partial charge in [0.1, 0.15) is 6.10 Å². The van der Waals surface area contributed by atoms with Crippen LogP contribution in [-0.2, 0) is 4.74 Å². The van der Waals surface area contributed by atoms with Crippen LogP contribution >= 0.6 is 0 Å². The van der Waals surface area contributed by atoms with Gasteiger partial charge in [-0.3, -0.25) is 0 Å². The van der Waals surface area contributed by atoms with Crippen LogP contribution < -0.4 is 0 Å². The summed E-state index contributed by atoms with van der Waals surface area (Å²) in [6.45, 7) is 0. The van der Waals surface area contributed by atoms with E-state index in [9.17, 15) is 5.26 Å². The van der Waals surface area contributed by atoms with Gasteiger partial charge in [0.2, 0.25) is 0 Å². The Hall–Kier alpha value is -2.01. The molecule has 0 radical (unpaired) electrons. The summed E-state index contributed by atoms with van der Waals surface area (Å²) in [5.74, 6) is 1.38. The van der Waals surface area contributed by atoms with Crippen molar-refractivity contribution in [3.63, 3.8) is 0 Å². The van der Waals surface area contributed by atoms with E-state index in [4.69, 9.17) is 4.74 Å². The van der Waals surface area contributed by atoms with Crippen molar-refractivity contribution < 1.29 is 4.74 Å². The Morgan fingerprint density at radius 2 is 2.06 bits per heavy atom. The van der Waals surface area contributed by atoms with Gasteiger partial charge in [-0.05, 0) is 17.2 Å². The van der Waals surface area contributed by atoms with E-state index >= 15 is 0 Å². The van der Waals surface area contributed by atoms with E-state index in [1.165, 1.54) is 5.56 Å². The van der Waals surface area contributed by atoms with Crippen LogP contribution in [0.15, 0.2) is 42.7 Å². The molecule has 4 atom stereocenters. The lowest BCUT2D eigenvalue weighted by atomic mass is 9.56. The van der Waals surface area contributed by atoms with Gasteiger partial charge in [0.05, 0.1) is 17.9 Å². The van der Waals surface area contributed by atoms with Gasteiger partial charge in [-0.1, -0.05) is 30.3 Å². The van der Waals surface area contributed by atoms with E-state index in [-0.39, 0.29) is 6.10 Å². The standard InChI is InChI=1S/C15H11NO/c16-8-9-7-13-14(12-5-6-17-15(12)13)11-4-2-1-3-10(9)11/h1-7,12-15H/t12-,13+,14+,15-/m1/s1. The summed E-state index contributed by atoms with van der Waals surface area (Å²) in [6.07, 6.45) is 6.34. The van der Waals surface area contributed by atoms with E-state index in [0.29, 0.717) is 17.8 Å². The van der Waals surface area contributed by atoms with E-state index in [2.05, 4.69) is 30.4 Å². The maximum Gasteiger partial charge on any atom is 0.112 e. The first kappa shape index (κ1) is 9.07. The lowest BCUT2D eigenvalue weighted by Crippen LogP contribution is -2.47. The number of nitrogens with zero attached hydrogens (tertiary/aromatic N) is 1. The van der Waals surface area contributed by atoms with Gasteiger partial charge in [-0.15, -0.1) is 0 Å². The Kier molecular flexibility index (Phi) is 1.61. The highest BCUT2D eigenvalue weighted by Gasteiger charge is 2.54. The normalized spacial score (nSPS) is 35.6. The first-order valence-corrected chi connectivity index (χ1v) is 5.93. The Balaban J connectivity index is 1.90. The molecule has 1 aromatic rings. The number of fused-ring (bicyclic) bond motifs is 6. The molecule has 4 rings (SSSR count). The SMILES string of the molecule is N#CC1=C[C@@H]2[C@@H]3OC=C[C@@H]3[C@@H]2c2ccccc21. The number of hydrogen-bond donors (Lipinski definition) is 0. The molecule has 82 valence electrons. The highest BCUT2D eigenvalue weighted by Crippen LogP contribution is 2.57. The number of ether oxygens (including phenoxy) is 1. The van der Waals surface area contributed by atoms with Crippen LogP contribution in [0.1, 0.15) is 17.0 Å². The van der Waals surface area contributed by atoms with Crippen molar-refractivity contribution in [3.8, 4) is 6.07 Å². The summed E-state index contributed by atoms with van der Waals surface area (Å²) in [4.78, 5) is 0. The van der Waals surface area contributed by atoms with E-state index in [1.807, 2.05) is 18.4 Å². The van der Waals surface area contributed by atoms with Crippen LogP contribution in [0, 0.1) is 23.2 Å². The van der Waals surface area contributed by atoms with E-state index in [1.54, 1.807) is 0 Å². The molecule has 1 heterocycles. The highest BCUT2D eigenvalue weighted by atomic mass is 16.5. The van der Waals surface area contributed by atoms with Gasteiger partial charge < -0.3 is 4.74 Å². The van der Waals surface area contributed by atoms with Crippen molar-refractivity contribution in [2.45, 2.75) is 12.0 Å². The third-order valence-electron chi connectivity index (χ3n) is 4.21. The molecule has 2 heteroatoms. The Morgan fingerprint density at radius 1 is 1.18 bits per heavy atom. The molecule has 1 aromatic carbocycles. The number of hydrogen-bond acceptors (Lipinski definition) is 2. The lowest BCUT2D eigenvalue weighted by molar-refractivity contribution is -0.00498. The smallest absolute Gasteiger partial charge is 0.112 e. The summed E-state index contributed by atoms with van der Waals surface area (Å²) in [6, 6.07) is 10.6. The molecular formula is C15H11NO. The van der Waals surface area contributed by atoms with E-state index in [0.717, 1.165) is 11.1 Å². The third kappa shape index (κ3) is 0.994. The third-order valence-corrected chi connectivity index (χ3v) is 4.21. The van der Waals surface area contributed by atoms with Crippen molar-refractivity contribution in [2.75, 3.05) is 0 Å². The molecule has 2 aliphatic carbocycles. The van der Waals surface area contributed by atoms with Gasteiger partial charge >= 0.3 is 0 Å². The predicted molar refractivity (Wildman–Crippen MR) is 63.8 cm³/mol. The molecule has 0 N–H and O–H groups in total.